The number of benzene rings is 11. The lowest BCUT2D eigenvalue weighted by molar-refractivity contribution is 1.17. The molecule has 14 rings (SSSR count). The second kappa shape index (κ2) is 13.4. The number of hydrogen-bond donors (Lipinski definition) is 0. The Labute approximate surface area is 367 Å². The van der Waals surface area contributed by atoms with Crippen LogP contribution in [0.1, 0.15) is 0 Å². The second-order valence-corrected chi connectivity index (χ2v) is 16.9. The van der Waals surface area contributed by atoms with Crippen LogP contribution >= 0.6 is 0 Å². The third-order valence-corrected chi connectivity index (χ3v) is 13.4. The predicted octanol–water partition coefficient (Wildman–Crippen LogP) is 15.8. The molecular formula is C60H36N4. The van der Waals surface area contributed by atoms with E-state index in [1.54, 1.807) is 0 Å². The van der Waals surface area contributed by atoms with E-state index in [0.717, 1.165) is 50.4 Å². The molecule has 0 bridgehead atoms. The highest BCUT2D eigenvalue weighted by molar-refractivity contribution is 6.26. The Bertz CT molecular complexity index is 4160. The maximum absolute atomic E-state index is 5.35. The van der Waals surface area contributed by atoms with Gasteiger partial charge in [0.05, 0.1) is 44.5 Å². The molecule has 3 heterocycles. The van der Waals surface area contributed by atoms with Crippen molar-refractivity contribution in [2.45, 2.75) is 0 Å². The van der Waals surface area contributed by atoms with Crippen molar-refractivity contribution in [1.29, 1.82) is 0 Å². The molecule has 0 atom stereocenters. The third-order valence-electron chi connectivity index (χ3n) is 13.4. The van der Waals surface area contributed by atoms with Gasteiger partial charge in [-0.1, -0.05) is 146 Å². The normalized spacial score (nSPS) is 12.1. The quantitative estimate of drug-likeness (QED) is 0.166. The van der Waals surface area contributed by atoms with E-state index in [-0.39, 0.29) is 0 Å². The van der Waals surface area contributed by atoms with Gasteiger partial charge in [-0.25, -0.2) is 9.97 Å². The zero-order chi connectivity index (χ0) is 41.9. The van der Waals surface area contributed by atoms with Crippen molar-refractivity contribution in [2.24, 2.45) is 0 Å². The van der Waals surface area contributed by atoms with E-state index in [2.05, 4.69) is 215 Å². The number of fused-ring (bicyclic) bond motifs is 14. The van der Waals surface area contributed by atoms with Crippen LogP contribution in [0.5, 0.6) is 0 Å². The highest BCUT2D eigenvalue weighted by Gasteiger charge is 2.20. The molecule has 0 amide bonds. The minimum atomic E-state index is 0.860. The van der Waals surface area contributed by atoms with Crippen molar-refractivity contribution in [3.8, 4) is 33.9 Å². The van der Waals surface area contributed by atoms with E-state index in [4.69, 9.17) is 9.97 Å². The fourth-order valence-corrected chi connectivity index (χ4v) is 10.5. The average molecular weight is 813 g/mol. The zero-order valence-corrected chi connectivity index (χ0v) is 34.6. The molecule has 64 heavy (non-hydrogen) atoms. The third kappa shape index (κ3) is 5.11. The smallest absolute Gasteiger partial charge is 0.0973 e. The number of rotatable bonds is 4. The molecular weight excluding hydrogens is 777 g/mol. The van der Waals surface area contributed by atoms with Crippen molar-refractivity contribution in [3.05, 3.63) is 218 Å². The lowest BCUT2D eigenvalue weighted by Crippen LogP contribution is -1.98. The molecule has 296 valence electrons. The van der Waals surface area contributed by atoms with Gasteiger partial charge in [-0.2, -0.15) is 0 Å². The first-order chi connectivity index (χ1) is 31.7. The molecule has 0 aliphatic heterocycles. The highest BCUT2D eigenvalue weighted by Crippen LogP contribution is 2.41. The first-order valence-corrected chi connectivity index (χ1v) is 21.9. The summed E-state index contributed by atoms with van der Waals surface area (Å²) in [6, 6.07) is 79.1. The minimum absolute atomic E-state index is 0.860. The summed E-state index contributed by atoms with van der Waals surface area (Å²) in [6.07, 6.45) is 0. The van der Waals surface area contributed by atoms with Gasteiger partial charge >= 0.3 is 0 Å². The van der Waals surface area contributed by atoms with Gasteiger partial charge in [-0.15, -0.1) is 0 Å². The van der Waals surface area contributed by atoms with Crippen LogP contribution in [0.15, 0.2) is 218 Å². The summed E-state index contributed by atoms with van der Waals surface area (Å²) in [5.74, 6) is 0. The summed E-state index contributed by atoms with van der Waals surface area (Å²) < 4.78 is 4.83. The Morgan fingerprint density at radius 1 is 0.250 bits per heavy atom. The van der Waals surface area contributed by atoms with Crippen molar-refractivity contribution >= 4 is 97.7 Å². The average Bonchev–Trinajstić information content (AvgIpc) is 3.87. The van der Waals surface area contributed by atoms with E-state index in [9.17, 15) is 0 Å². The van der Waals surface area contributed by atoms with Crippen molar-refractivity contribution in [1.82, 2.24) is 19.1 Å². The van der Waals surface area contributed by atoms with E-state index in [1.807, 2.05) is 12.1 Å². The maximum Gasteiger partial charge on any atom is 0.0973 e. The number of nitrogens with zero attached hydrogens (tertiary/aromatic N) is 4. The summed E-state index contributed by atoms with van der Waals surface area (Å²) >= 11 is 0. The largest absolute Gasteiger partial charge is 0.309 e. The Hall–Kier alpha value is -8.60. The van der Waals surface area contributed by atoms with Gasteiger partial charge < -0.3 is 9.13 Å². The molecule has 0 fully saturated rings. The minimum Gasteiger partial charge on any atom is -0.309 e. The summed E-state index contributed by atoms with van der Waals surface area (Å²) in [7, 11) is 0. The Balaban J connectivity index is 0.957. The van der Waals surface area contributed by atoms with Crippen LogP contribution in [-0.4, -0.2) is 19.1 Å². The molecule has 0 unspecified atom stereocenters. The standard InChI is InChI=1S/C60H36N4/c1-2-14-39-35-58-51(33-38(39)13-1)52-36-42(64-55-23-11-7-19-48(55)49-20-8-12-24-56(49)64)30-32-57(52)63(58)41-28-25-37(26-29-41)59-60(62-54-22-10-9-21-53(54)61-59)40-27-31-47-45-17-4-3-15-43(45)44-16-5-6-18-46(44)50(47)34-40/h1-36H. The highest BCUT2D eigenvalue weighted by atomic mass is 15.0. The Morgan fingerprint density at radius 3 is 1.33 bits per heavy atom. The molecule has 0 aliphatic rings. The molecule has 14 aromatic rings. The van der Waals surface area contributed by atoms with E-state index in [1.165, 1.54) is 81.2 Å². The summed E-state index contributed by atoms with van der Waals surface area (Å²) in [6.45, 7) is 0. The van der Waals surface area contributed by atoms with Crippen LogP contribution in [0.2, 0.25) is 0 Å². The molecule has 4 heteroatoms. The summed E-state index contributed by atoms with van der Waals surface area (Å²) in [4.78, 5) is 10.7. The van der Waals surface area contributed by atoms with Gasteiger partial charge in [0.25, 0.3) is 0 Å². The van der Waals surface area contributed by atoms with Crippen LogP contribution in [0.4, 0.5) is 0 Å². The van der Waals surface area contributed by atoms with Crippen LogP contribution in [-0.2, 0) is 0 Å². The Kier molecular flexibility index (Phi) is 7.36. The molecule has 0 radical (unpaired) electrons. The van der Waals surface area contributed by atoms with Crippen molar-refractivity contribution in [2.75, 3.05) is 0 Å². The summed E-state index contributed by atoms with van der Waals surface area (Å²) in [5.41, 5.74) is 12.5. The van der Waals surface area contributed by atoms with Gasteiger partial charge in [0, 0.05) is 44.0 Å². The summed E-state index contributed by atoms with van der Waals surface area (Å²) in [5, 5.41) is 14.8. The van der Waals surface area contributed by atoms with Crippen molar-refractivity contribution < 1.29 is 0 Å². The molecule has 0 saturated heterocycles. The Morgan fingerprint density at radius 2 is 0.688 bits per heavy atom. The molecule has 4 nitrogen and oxygen atoms in total. The van der Waals surface area contributed by atoms with Crippen LogP contribution in [0.25, 0.3) is 132 Å². The van der Waals surface area contributed by atoms with Crippen LogP contribution in [0.3, 0.4) is 0 Å². The predicted molar refractivity (Wildman–Crippen MR) is 269 cm³/mol. The van der Waals surface area contributed by atoms with E-state index >= 15 is 0 Å². The van der Waals surface area contributed by atoms with Gasteiger partial charge in [-0.05, 0) is 116 Å². The van der Waals surface area contributed by atoms with Crippen LogP contribution < -0.4 is 0 Å². The first kappa shape index (κ1) is 35.0. The molecule has 0 saturated carbocycles. The SMILES string of the molecule is c1ccc2cc3c(cc2c1)c1cc(-n2c4ccccc4c4ccccc42)ccc1n3-c1ccc(-c2nc3ccccc3nc2-c2ccc3c4ccccc4c4ccccc4c3c2)cc1. The molecule has 11 aromatic carbocycles. The van der Waals surface area contributed by atoms with E-state index < -0.39 is 0 Å². The lowest BCUT2D eigenvalue weighted by atomic mass is 9.92. The number of hydrogen-bond acceptors (Lipinski definition) is 2. The zero-order valence-electron chi connectivity index (χ0n) is 34.6. The lowest BCUT2D eigenvalue weighted by Gasteiger charge is -2.15. The van der Waals surface area contributed by atoms with Crippen molar-refractivity contribution in [3.63, 3.8) is 0 Å². The number of para-hydroxylation sites is 4. The van der Waals surface area contributed by atoms with E-state index in [0.29, 0.717) is 0 Å². The maximum atomic E-state index is 5.35. The van der Waals surface area contributed by atoms with Gasteiger partial charge in [-0.3, -0.25) is 0 Å². The molecule has 0 spiro atoms. The van der Waals surface area contributed by atoms with Gasteiger partial charge in [0.15, 0.2) is 0 Å². The molecule has 0 N–H and O–H groups in total. The monoisotopic (exact) mass is 812 g/mol. The van der Waals surface area contributed by atoms with Crippen LogP contribution in [0, 0.1) is 0 Å². The molecule has 3 aromatic heterocycles. The van der Waals surface area contributed by atoms with Gasteiger partial charge in [0.2, 0.25) is 0 Å². The fourth-order valence-electron chi connectivity index (χ4n) is 10.5. The fraction of sp³-hybridized carbons (Fsp3) is 0. The second-order valence-electron chi connectivity index (χ2n) is 16.9. The first-order valence-electron chi connectivity index (χ1n) is 21.9. The molecule has 0 aliphatic carbocycles. The topological polar surface area (TPSA) is 35.6 Å². The van der Waals surface area contributed by atoms with Gasteiger partial charge in [0.1, 0.15) is 0 Å². The number of aromatic nitrogens is 4.